The Bertz CT molecular complexity index is 433. The summed E-state index contributed by atoms with van der Waals surface area (Å²) in [7, 11) is 1.92. The summed E-state index contributed by atoms with van der Waals surface area (Å²) in [5.41, 5.74) is 2.11. The van der Waals surface area contributed by atoms with Gasteiger partial charge in [0.15, 0.2) is 0 Å². The molecule has 0 aliphatic carbocycles. The van der Waals surface area contributed by atoms with Gasteiger partial charge in [-0.05, 0) is 37.4 Å². The van der Waals surface area contributed by atoms with Crippen LogP contribution >= 0.6 is 15.9 Å². The molecule has 2 aromatic rings. The molecular weight excluding hydrogens is 254 g/mol. The quantitative estimate of drug-likeness (QED) is 0.924. The molecule has 78 valence electrons. The number of nitrogens with one attached hydrogen (secondary N) is 1. The molecule has 0 spiro atoms. The van der Waals surface area contributed by atoms with Crippen LogP contribution in [0.5, 0.6) is 0 Å². The zero-order valence-electron chi connectivity index (χ0n) is 8.44. The summed E-state index contributed by atoms with van der Waals surface area (Å²) in [4.78, 5) is 0. The zero-order valence-corrected chi connectivity index (χ0v) is 10.0. The number of benzene rings is 1. The van der Waals surface area contributed by atoms with Crippen LogP contribution < -0.4 is 5.32 Å². The number of halogens is 1. The van der Waals surface area contributed by atoms with Gasteiger partial charge in [-0.25, -0.2) is 4.68 Å². The highest BCUT2D eigenvalue weighted by Crippen LogP contribution is 2.13. The van der Waals surface area contributed by atoms with Crippen molar-refractivity contribution in [3.63, 3.8) is 0 Å². The first-order valence-corrected chi connectivity index (χ1v) is 5.54. The fourth-order valence-corrected chi connectivity index (χ4v) is 1.64. The van der Waals surface area contributed by atoms with Gasteiger partial charge in [0.1, 0.15) is 0 Å². The van der Waals surface area contributed by atoms with Gasteiger partial charge in [-0.2, -0.15) is 5.10 Å². The number of hydrogen-bond donors (Lipinski definition) is 1. The van der Waals surface area contributed by atoms with Gasteiger partial charge in [0, 0.05) is 17.2 Å². The molecule has 4 heteroatoms. The SMILES string of the molecule is CNCc1ccn(-c2ccc(Br)cc2)n1. The van der Waals surface area contributed by atoms with Gasteiger partial charge in [0.05, 0.1) is 11.4 Å². The van der Waals surface area contributed by atoms with E-state index in [0.717, 1.165) is 22.4 Å². The Balaban J connectivity index is 2.25. The normalized spacial score (nSPS) is 10.5. The van der Waals surface area contributed by atoms with E-state index in [4.69, 9.17) is 0 Å². The first kappa shape index (κ1) is 10.4. The number of nitrogens with zero attached hydrogens (tertiary/aromatic N) is 2. The van der Waals surface area contributed by atoms with Gasteiger partial charge in [-0.3, -0.25) is 0 Å². The first-order chi connectivity index (χ1) is 7.29. The van der Waals surface area contributed by atoms with Crippen molar-refractivity contribution >= 4 is 15.9 Å². The summed E-state index contributed by atoms with van der Waals surface area (Å²) < 4.78 is 2.95. The minimum atomic E-state index is 0.795. The average molecular weight is 266 g/mol. The van der Waals surface area contributed by atoms with Crippen LogP contribution in [0.25, 0.3) is 5.69 Å². The third kappa shape index (κ3) is 2.46. The zero-order chi connectivity index (χ0) is 10.7. The maximum absolute atomic E-state index is 4.44. The Kier molecular flexibility index (Phi) is 3.18. The van der Waals surface area contributed by atoms with Gasteiger partial charge in [0.25, 0.3) is 0 Å². The van der Waals surface area contributed by atoms with E-state index in [1.807, 2.05) is 48.3 Å². The monoisotopic (exact) mass is 265 g/mol. The summed E-state index contributed by atoms with van der Waals surface area (Å²) in [6.07, 6.45) is 1.97. The summed E-state index contributed by atoms with van der Waals surface area (Å²) >= 11 is 3.41. The van der Waals surface area contributed by atoms with E-state index in [-0.39, 0.29) is 0 Å². The van der Waals surface area contributed by atoms with Gasteiger partial charge in [0.2, 0.25) is 0 Å². The lowest BCUT2D eigenvalue weighted by atomic mass is 10.3. The topological polar surface area (TPSA) is 29.9 Å². The van der Waals surface area contributed by atoms with Gasteiger partial charge < -0.3 is 5.32 Å². The molecule has 1 N–H and O–H groups in total. The molecule has 15 heavy (non-hydrogen) atoms. The minimum absolute atomic E-state index is 0.795. The molecule has 0 bridgehead atoms. The lowest BCUT2D eigenvalue weighted by Crippen LogP contribution is -2.06. The fraction of sp³-hybridized carbons (Fsp3) is 0.182. The van der Waals surface area contributed by atoms with Crippen LogP contribution in [0.1, 0.15) is 5.69 Å². The Morgan fingerprint density at radius 1 is 1.27 bits per heavy atom. The summed E-state index contributed by atoms with van der Waals surface area (Å²) in [6, 6.07) is 10.1. The molecule has 0 atom stereocenters. The molecule has 0 aliphatic heterocycles. The van der Waals surface area contributed by atoms with Crippen molar-refractivity contribution < 1.29 is 0 Å². The molecule has 0 saturated carbocycles. The van der Waals surface area contributed by atoms with E-state index in [1.165, 1.54) is 0 Å². The Morgan fingerprint density at radius 3 is 2.67 bits per heavy atom. The third-order valence-corrected chi connectivity index (χ3v) is 2.62. The number of hydrogen-bond acceptors (Lipinski definition) is 2. The van der Waals surface area contributed by atoms with Crippen molar-refractivity contribution in [3.8, 4) is 5.69 Å². The van der Waals surface area contributed by atoms with E-state index in [1.54, 1.807) is 0 Å². The summed E-state index contributed by atoms with van der Waals surface area (Å²) in [5.74, 6) is 0. The van der Waals surface area contributed by atoms with Crippen molar-refractivity contribution in [1.82, 2.24) is 15.1 Å². The molecule has 1 heterocycles. The minimum Gasteiger partial charge on any atom is -0.314 e. The van der Waals surface area contributed by atoms with Crippen LogP contribution in [0.2, 0.25) is 0 Å². The Labute approximate surface area is 97.2 Å². The fourth-order valence-electron chi connectivity index (χ4n) is 1.37. The predicted molar refractivity (Wildman–Crippen MR) is 64.0 cm³/mol. The maximum Gasteiger partial charge on any atom is 0.0766 e. The highest BCUT2D eigenvalue weighted by molar-refractivity contribution is 9.10. The molecule has 0 saturated heterocycles. The van der Waals surface area contributed by atoms with Crippen molar-refractivity contribution in [3.05, 3.63) is 46.7 Å². The smallest absolute Gasteiger partial charge is 0.0766 e. The molecule has 0 unspecified atom stereocenters. The Morgan fingerprint density at radius 2 is 2.00 bits per heavy atom. The number of rotatable bonds is 3. The van der Waals surface area contributed by atoms with Crippen LogP contribution in [0, 0.1) is 0 Å². The van der Waals surface area contributed by atoms with Gasteiger partial charge in [-0.15, -0.1) is 0 Å². The van der Waals surface area contributed by atoms with Crippen LogP contribution in [-0.2, 0) is 6.54 Å². The Hall–Kier alpha value is -1.13. The molecule has 1 aromatic carbocycles. The van der Waals surface area contributed by atoms with E-state index >= 15 is 0 Å². The van der Waals surface area contributed by atoms with Crippen LogP contribution in [0.3, 0.4) is 0 Å². The van der Waals surface area contributed by atoms with Crippen molar-refractivity contribution in [1.29, 1.82) is 0 Å². The van der Waals surface area contributed by atoms with Crippen LogP contribution in [0.4, 0.5) is 0 Å². The van der Waals surface area contributed by atoms with E-state index < -0.39 is 0 Å². The second-order valence-electron chi connectivity index (χ2n) is 3.26. The second kappa shape index (κ2) is 4.59. The lowest BCUT2D eigenvalue weighted by molar-refractivity contribution is 0.757. The van der Waals surface area contributed by atoms with E-state index in [9.17, 15) is 0 Å². The van der Waals surface area contributed by atoms with Crippen LogP contribution in [-0.4, -0.2) is 16.8 Å². The maximum atomic E-state index is 4.44. The van der Waals surface area contributed by atoms with Crippen molar-refractivity contribution in [2.75, 3.05) is 7.05 Å². The van der Waals surface area contributed by atoms with Crippen molar-refractivity contribution in [2.45, 2.75) is 6.54 Å². The highest BCUT2D eigenvalue weighted by atomic mass is 79.9. The van der Waals surface area contributed by atoms with Gasteiger partial charge in [-0.1, -0.05) is 15.9 Å². The standard InChI is InChI=1S/C11H12BrN3/c1-13-8-10-6-7-15(14-10)11-4-2-9(12)3-5-11/h2-7,13H,8H2,1H3. The highest BCUT2D eigenvalue weighted by Gasteiger charge is 1.99. The second-order valence-corrected chi connectivity index (χ2v) is 4.17. The van der Waals surface area contributed by atoms with E-state index in [0.29, 0.717) is 0 Å². The van der Waals surface area contributed by atoms with Crippen LogP contribution in [0.15, 0.2) is 41.0 Å². The molecule has 0 aliphatic rings. The number of aromatic nitrogens is 2. The molecule has 0 radical (unpaired) electrons. The third-order valence-electron chi connectivity index (χ3n) is 2.09. The molecule has 0 amide bonds. The largest absolute Gasteiger partial charge is 0.314 e. The predicted octanol–water partition coefficient (Wildman–Crippen LogP) is 2.35. The molecule has 3 nitrogen and oxygen atoms in total. The summed E-state index contributed by atoms with van der Waals surface area (Å²) in [6.45, 7) is 0.795. The molecule has 1 aromatic heterocycles. The molecule has 0 fully saturated rings. The van der Waals surface area contributed by atoms with Gasteiger partial charge >= 0.3 is 0 Å². The molecular formula is C11H12BrN3. The molecule has 2 rings (SSSR count). The first-order valence-electron chi connectivity index (χ1n) is 4.74. The van der Waals surface area contributed by atoms with E-state index in [2.05, 4.69) is 26.3 Å². The lowest BCUT2D eigenvalue weighted by Gasteiger charge is -2.00. The average Bonchev–Trinajstić information content (AvgIpc) is 2.68. The summed E-state index contributed by atoms with van der Waals surface area (Å²) in [5, 5.41) is 7.51. The van der Waals surface area contributed by atoms with Crippen molar-refractivity contribution in [2.24, 2.45) is 0 Å².